The summed E-state index contributed by atoms with van der Waals surface area (Å²) in [6.45, 7) is 3.77. The molecule has 0 spiro atoms. The van der Waals surface area contributed by atoms with Gasteiger partial charge in [-0.15, -0.1) is 0 Å². The molecule has 0 N–H and O–H groups in total. The van der Waals surface area contributed by atoms with Crippen LogP contribution in [-0.2, 0) is 9.24 Å². The van der Waals surface area contributed by atoms with Crippen molar-refractivity contribution in [2.24, 2.45) is 0 Å². The van der Waals surface area contributed by atoms with Crippen molar-refractivity contribution >= 4 is 15.0 Å². The van der Waals surface area contributed by atoms with Crippen LogP contribution in [0.25, 0.3) is 0 Å². The fraction of sp³-hybridized carbons (Fsp3) is 0.429. The second-order valence-corrected chi connectivity index (χ2v) is 5.95. The van der Waals surface area contributed by atoms with Crippen LogP contribution in [0.5, 0.6) is 0 Å². The van der Waals surface area contributed by atoms with E-state index in [1.165, 1.54) is 5.56 Å². The van der Waals surface area contributed by atoms with Gasteiger partial charge in [0, 0.05) is 0 Å². The predicted molar refractivity (Wildman–Crippen MR) is 70.8 cm³/mol. The zero-order chi connectivity index (χ0) is 11.9. The molecule has 1 rings (SSSR count). The van der Waals surface area contributed by atoms with Crippen molar-refractivity contribution in [1.82, 2.24) is 0 Å². The van der Waals surface area contributed by atoms with Crippen molar-refractivity contribution in [3.63, 3.8) is 0 Å². The van der Waals surface area contributed by atoms with Crippen molar-refractivity contribution < 1.29 is 4.74 Å². The van der Waals surface area contributed by atoms with Crippen molar-refractivity contribution in [1.29, 1.82) is 0 Å². The monoisotopic (exact) mass is 284 g/mol. The number of ether oxygens (including phenoxy) is 1. The van der Waals surface area contributed by atoms with Crippen LogP contribution in [0.15, 0.2) is 43.0 Å². The summed E-state index contributed by atoms with van der Waals surface area (Å²) in [5.41, 5.74) is 1.31. The summed E-state index contributed by atoms with van der Waals surface area (Å²) in [5.74, 6) is 2.25. The molecular formula is C14H20OSe. The number of hydrogen-bond donors (Lipinski definition) is 0. The number of hydrogen-bond acceptors (Lipinski definition) is 1. The predicted octanol–water partition coefficient (Wildman–Crippen LogP) is 3.59. The first-order valence-corrected chi connectivity index (χ1v) is 8.13. The third kappa shape index (κ3) is 3.21. The maximum absolute atomic E-state index is 5.81. The zero-order valence-electron chi connectivity index (χ0n) is 10.1. The van der Waals surface area contributed by atoms with Crippen LogP contribution in [0.2, 0.25) is 5.82 Å². The number of methoxy groups -OCH3 is 1. The zero-order valence-corrected chi connectivity index (χ0v) is 11.8. The van der Waals surface area contributed by atoms with Gasteiger partial charge < -0.3 is 0 Å². The van der Waals surface area contributed by atoms with Crippen LogP contribution in [0, 0.1) is 0 Å². The van der Waals surface area contributed by atoms with Gasteiger partial charge >= 0.3 is 105 Å². The van der Waals surface area contributed by atoms with Gasteiger partial charge in [-0.25, -0.2) is 0 Å². The molecule has 0 unspecified atom stereocenters. The molecule has 1 atom stereocenters. The van der Waals surface area contributed by atoms with Crippen molar-refractivity contribution in [3.05, 3.63) is 48.6 Å². The molecule has 16 heavy (non-hydrogen) atoms. The molecule has 0 aliphatic carbocycles. The molecule has 0 radical (unpaired) electrons. The van der Waals surface area contributed by atoms with Crippen LogP contribution < -0.4 is 0 Å². The summed E-state index contributed by atoms with van der Waals surface area (Å²) in [7, 11) is 1.83. The van der Waals surface area contributed by atoms with Gasteiger partial charge in [0.25, 0.3) is 0 Å². The van der Waals surface area contributed by atoms with Crippen LogP contribution in [0.4, 0.5) is 0 Å². The van der Waals surface area contributed by atoms with E-state index in [0.29, 0.717) is 15.0 Å². The first-order valence-electron chi connectivity index (χ1n) is 5.56. The van der Waals surface area contributed by atoms with Gasteiger partial charge in [-0.3, -0.25) is 0 Å². The fourth-order valence-corrected chi connectivity index (χ4v) is 3.70. The third-order valence-corrected chi connectivity index (χ3v) is 5.44. The Kier molecular flexibility index (Phi) is 5.83. The molecule has 0 fully saturated rings. The van der Waals surface area contributed by atoms with Crippen molar-refractivity contribution in [3.8, 4) is 0 Å². The summed E-state index contributed by atoms with van der Waals surface area (Å²) < 4.78 is 5.75. The summed E-state index contributed by atoms with van der Waals surface area (Å²) in [5, 5.41) is 0. The van der Waals surface area contributed by atoms with Gasteiger partial charge in [0.15, 0.2) is 0 Å². The Bertz CT molecular complexity index is 304. The van der Waals surface area contributed by atoms with Crippen LogP contribution in [0.3, 0.4) is 0 Å². The standard InChI is InChI=1S/C14H20OSe/c1-4-5-9-12-14(15-2,16-3)13-10-7-6-8-11-13/h4,6-8,10-11H,1,5,9,12H2,2-3H3/t14-/m1/s1. The molecule has 1 aromatic rings. The first-order chi connectivity index (χ1) is 7.79. The second kappa shape index (κ2) is 6.90. The Balaban J connectivity index is 2.83. The van der Waals surface area contributed by atoms with E-state index in [4.69, 9.17) is 4.74 Å². The average Bonchev–Trinajstić information content (AvgIpc) is 2.36. The molecule has 1 nitrogen and oxygen atoms in total. The van der Waals surface area contributed by atoms with E-state index >= 15 is 0 Å². The molecule has 88 valence electrons. The van der Waals surface area contributed by atoms with Gasteiger partial charge in [0.1, 0.15) is 0 Å². The summed E-state index contributed by atoms with van der Waals surface area (Å²) in [6, 6.07) is 10.6. The van der Waals surface area contributed by atoms with Crippen LogP contribution in [0.1, 0.15) is 24.8 Å². The van der Waals surface area contributed by atoms with Crippen LogP contribution >= 0.6 is 0 Å². The summed E-state index contributed by atoms with van der Waals surface area (Å²) in [6.07, 6.45) is 5.26. The number of rotatable bonds is 7. The van der Waals surface area contributed by atoms with E-state index in [2.05, 4.69) is 42.7 Å². The molecule has 2 heteroatoms. The van der Waals surface area contributed by atoms with Gasteiger partial charge in [-0.1, -0.05) is 0 Å². The fourth-order valence-electron chi connectivity index (χ4n) is 1.84. The Labute approximate surface area is 105 Å². The van der Waals surface area contributed by atoms with Crippen LogP contribution in [-0.4, -0.2) is 22.1 Å². The second-order valence-electron chi connectivity index (χ2n) is 3.71. The molecule has 0 aromatic heterocycles. The van der Waals surface area contributed by atoms with E-state index in [1.807, 2.05) is 13.2 Å². The minimum atomic E-state index is -0.0583. The Morgan fingerprint density at radius 1 is 1.38 bits per heavy atom. The van der Waals surface area contributed by atoms with E-state index in [1.54, 1.807) is 0 Å². The maximum atomic E-state index is 5.81. The molecule has 0 aliphatic heterocycles. The average molecular weight is 283 g/mol. The normalized spacial score (nSPS) is 14.4. The van der Waals surface area contributed by atoms with Gasteiger partial charge in [-0.2, -0.15) is 0 Å². The molecule has 0 aliphatic rings. The van der Waals surface area contributed by atoms with Gasteiger partial charge in [-0.05, 0) is 0 Å². The van der Waals surface area contributed by atoms with E-state index in [9.17, 15) is 0 Å². The Morgan fingerprint density at radius 2 is 2.06 bits per heavy atom. The molecular weight excluding hydrogens is 263 g/mol. The summed E-state index contributed by atoms with van der Waals surface area (Å²) in [4.78, 5) is 0. The Hall–Kier alpha value is -0.561. The summed E-state index contributed by atoms with van der Waals surface area (Å²) >= 11 is 0.435. The molecule has 0 saturated carbocycles. The Morgan fingerprint density at radius 3 is 2.56 bits per heavy atom. The SMILES string of the molecule is C=CCCC[C@@](OC)([Se]C)c1ccccc1. The molecule has 0 heterocycles. The first kappa shape index (κ1) is 13.5. The number of allylic oxidation sites excluding steroid dienone is 1. The number of unbranched alkanes of at least 4 members (excludes halogenated alkanes) is 1. The van der Waals surface area contributed by atoms with E-state index < -0.39 is 0 Å². The molecule has 0 saturated heterocycles. The van der Waals surface area contributed by atoms with E-state index in [0.717, 1.165) is 19.3 Å². The quantitative estimate of drug-likeness (QED) is 0.422. The minimum absolute atomic E-state index is 0.0583. The topological polar surface area (TPSA) is 9.23 Å². The van der Waals surface area contributed by atoms with Gasteiger partial charge in [0.2, 0.25) is 0 Å². The molecule has 1 aromatic carbocycles. The van der Waals surface area contributed by atoms with E-state index in [-0.39, 0.29) is 4.50 Å². The number of benzene rings is 1. The third-order valence-electron chi connectivity index (χ3n) is 2.79. The molecule has 0 bridgehead atoms. The van der Waals surface area contributed by atoms with Crippen molar-refractivity contribution in [2.75, 3.05) is 7.11 Å². The van der Waals surface area contributed by atoms with Crippen molar-refractivity contribution in [2.45, 2.75) is 29.6 Å². The molecule has 0 amide bonds. The van der Waals surface area contributed by atoms with Gasteiger partial charge in [0.05, 0.1) is 0 Å².